The van der Waals surface area contributed by atoms with Crippen LogP contribution in [0.5, 0.6) is 0 Å². The number of carbonyl (C=O) groups is 1. The van der Waals surface area contributed by atoms with Crippen molar-refractivity contribution in [2.75, 3.05) is 0 Å². The Morgan fingerprint density at radius 2 is 1.73 bits per heavy atom. The molecular formula is C12H8N2O. The summed E-state index contributed by atoms with van der Waals surface area (Å²) in [7, 11) is 0. The van der Waals surface area contributed by atoms with Gasteiger partial charge in [0.2, 0.25) is 0 Å². The van der Waals surface area contributed by atoms with E-state index in [9.17, 15) is 4.79 Å². The zero-order chi connectivity index (χ0) is 10.3. The van der Waals surface area contributed by atoms with Crippen LogP contribution in [-0.4, -0.2) is 15.8 Å². The van der Waals surface area contributed by atoms with E-state index in [2.05, 4.69) is 9.97 Å². The smallest absolute Gasteiger partial charge is 0.161 e. The van der Waals surface area contributed by atoms with Crippen molar-refractivity contribution in [1.29, 1.82) is 0 Å². The molecule has 3 heteroatoms. The lowest BCUT2D eigenvalue weighted by Gasteiger charge is -2.08. The van der Waals surface area contributed by atoms with Crippen LogP contribution in [0.25, 0.3) is 17.1 Å². The first-order valence-electron chi connectivity index (χ1n) is 4.79. The van der Waals surface area contributed by atoms with Crippen LogP contribution in [0.15, 0.2) is 30.3 Å². The fraction of sp³-hybridized carbons (Fsp3) is 0.0833. The van der Waals surface area contributed by atoms with Crippen molar-refractivity contribution < 1.29 is 4.79 Å². The van der Waals surface area contributed by atoms with Crippen molar-refractivity contribution in [1.82, 2.24) is 9.97 Å². The number of para-hydroxylation sites is 2. The average molecular weight is 196 g/mol. The molecule has 0 fully saturated rings. The van der Waals surface area contributed by atoms with E-state index in [-0.39, 0.29) is 5.78 Å². The first-order chi connectivity index (χ1) is 7.33. The first kappa shape index (κ1) is 8.29. The molecule has 0 radical (unpaired) electrons. The minimum absolute atomic E-state index is 0.0899. The van der Waals surface area contributed by atoms with Gasteiger partial charge >= 0.3 is 0 Å². The topological polar surface area (TPSA) is 42.9 Å². The molecule has 3 rings (SSSR count). The molecule has 1 heterocycles. The van der Waals surface area contributed by atoms with Gasteiger partial charge in [-0.2, -0.15) is 0 Å². The van der Waals surface area contributed by atoms with Gasteiger partial charge in [-0.1, -0.05) is 12.1 Å². The monoisotopic (exact) mass is 196 g/mol. The van der Waals surface area contributed by atoms with Gasteiger partial charge in [0.15, 0.2) is 5.78 Å². The molecule has 3 nitrogen and oxygen atoms in total. The SMILES string of the molecule is O=C1C=Cc2nc3ccccc3nc2C1. The minimum Gasteiger partial charge on any atom is -0.294 e. The molecular weight excluding hydrogens is 188 g/mol. The molecule has 0 bridgehead atoms. The number of nitrogens with zero attached hydrogens (tertiary/aromatic N) is 2. The molecule has 0 amide bonds. The number of hydrogen-bond donors (Lipinski definition) is 0. The van der Waals surface area contributed by atoms with Gasteiger partial charge in [-0.3, -0.25) is 4.79 Å². The lowest BCUT2D eigenvalue weighted by Crippen LogP contribution is -2.09. The molecule has 1 aromatic carbocycles. The van der Waals surface area contributed by atoms with E-state index in [4.69, 9.17) is 0 Å². The maximum atomic E-state index is 11.2. The summed E-state index contributed by atoms with van der Waals surface area (Å²) in [6.07, 6.45) is 3.66. The molecule has 0 spiro atoms. The van der Waals surface area contributed by atoms with Crippen LogP contribution in [-0.2, 0) is 11.2 Å². The standard InChI is InChI=1S/C12H8N2O/c15-8-5-6-11-12(7-8)14-10-4-2-1-3-9(10)13-11/h1-6H,7H2. The molecule has 1 aliphatic rings. The summed E-state index contributed by atoms with van der Waals surface area (Å²) in [5.74, 6) is 0.0899. The highest BCUT2D eigenvalue weighted by atomic mass is 16.1. The summed E-state index contributed by atoms with van der Waals surface area (Å²) in [5.41, 5.74) is 3.31. The number of carbonyl (C=O) groups excluding carboxylic acids is 1. The summed E-state index contributed by atoms with van der Waals surface area (Å²) in [6.45, 7) is 0. The Hall–Kier alpha value is -2.03. The lowest BCUT2D eigenvalue weighted by molar-refractivity contribution is -0.114. The molecule has 0 aliphatic heterocycles. The molecule has 1 aromatic heterocycles. The van der Waals surface area contributed by atoms with Crippen LogP contribution >= 0.6 is 0 Å². The Balaban J connectivity index is 2.31. The third-order valence-electron chi connectivity index (χ3n) is 2.44. The average Bonchev–Trinajstić information content (AvgIpc) is 2.26. The van der Waals surface area contributed by atoms with E-state index >= 15 is 0 Å². The number of rotatable bonds is 0. The van der Waals surface area contributed by atoms with Crippen molar-refractivity contribution in [2.24, 2.45) is 0 Å². The van der Waals surface area contributed by atoms with E-state index in [1.807, 2.05) is 24.3 Å². The Bertz CT molecular complexity index is 587. The normalized spacial score (nSPS) is 14.3. The van der Waals surface area contributed by atoms with E-state index in [0.29, 0.717) is 6.42 Å². The van der Waals surface area contributed by atoms with Gasteiger partial charge in [0.25, 0.3) is 0 Å². The number of fused-ring (bicyclic) bond motifs is 2. The van der Waals surface area contributed by atoms with Crippen LogP contribution in [0.1, 0.15) is 11.4 Å². The van der Waals surface area contributed by atoms with Gasteiger partial charge < -0.3 is 0 Å². The third kappa shape index (κ3) is 1.32. The summed E-state index contributed by atoms with van der Waals surface area (Å²) in [5, 5.41) is 0. The minimum atomic E-state index is 0.0899. The van der Waals surface area contributed by atoms with Crippen LogP contribution in [0.2, 0.25) is 0 Å². The van der Waals surface area contributed by atoms with Crippen LogP contribution < -0.4 is 0 Å². The van der Waals surface area contributed by atoms with Gasteiger partial charge in [-0.15, -0.1) is 0 Å². The summed E-state index contributed by atoms with van der Waals surface area (Å²) >= 11 is 0. The van der Waals surface area contributed by atoms with Gasteiger partial charge in [0.05, 0.1) is 28.8 Å². The molecule has 15 heavy (non-hydrogen) atoms. The Morgan fingerprint density at radius 3 is 2.53 bits per heavy atom. The molecule has 72 valence electrons. The lowest BCUT2D eigenvalue weighted by atomic mass is 10.1. The fourth-order valence-electron chi connectivity index (χ4n) is 1.71. The Kier molecular flexibility index (Phi) is 1.65. The zero-order valence-corrected chi connectivity index (χ0v) is 7.97. The van der Waals surface area contributed by atoms with Gasteiger partial charge in [-0.25, -0.2) is 9.97 Å². The maximum Gasteiger partial charge on any atom is 0.161 e. The highest BCUT2D eigenvalue weighted by molar-refractivity contribution is 5.98. The Labute approximate surface area is 86.5 Å². The number of benzene rings is 1. The predicted molar refractivity (Wildman–Crippen MR) is 57.3 cm³/mol. The summed E-state index contributed by atoms with van der Waals surface area (Å²) in [4.78, 5) is 20.1. The van der Waals surface area contributed by atoms with E-state index in [1.165, 1.54) is 0 Å². The van der Waals surface area contributed by atoms with Crippen molar-refractivity contribution in [3.8, 4) is 0 Å². The van der Waals surface area contributed by atoms with Crippen LogP contribution in [0.3, 0.4) is 0 Å². The Morgan fingerprint density at radius 1 is 1.00 bits per heavy atom. The molecule has 0 N–H and O–H groups in total. The molecule has 0 saturated heterocycles. The van der Waals surface area contributed by atoms with Gasteiger partial charge in [0.1, 0.15) is 0 Å². The predicted octanol–water partition coefficient (Wildman–Crippen LogP) is 1.77. The van der Waals surface area contributed by atoms with Crippen molar-refractivity contribution in [3.05, 3.63) is 41.7 Å². The van der Waals surface area contributed by atoms with Crippen LogP contribution in [0.4, 0.5) is 0 Å². The fourth-order valence-corrected chi connectivity index (χ4v) is 1.71. The maximum absolute atomic E-state index is 11.2. The molecule has 0 saturated carbocycles. The number of aromatic nitrogens is 2. The molecule has 0 atom stereocenters. The number of allylic oxidation sites excluding steroid dienone is 1. The van der Waals surface area contributed by atoms with E-state index < -0.39 is 0 Å². The zero-order valence-electron chi connectivity index (χ0n) is 7.97. The van der Waals surface area contributed by atoms with Crippen molar-refractivity contribution >= 4 is 22.9 Å². The van der Waals surface area contributed by atoms with Crippen molar-refractivity contribution in [3.63, 3.8) is 0 Å². The second kappa shape index (κ2) is 2.98. The van der Waals surface area contributed by atoms with E-state index in [1.54, 1.807) is 12.2 Å². The summed E-state index contributed by atoms with van der Waals surface area (Å²) < 4.78 is 0. The highest BCUT2D eigenvalue weighted by Crippen LogP contribution is 2.17. The number of ketones is 1. The van der Waals surface area contributed by atoms with Gasteiger partial charge in [-0.05, 0) is 24.3 Å². The number of hydrogen-bond acceptors (Lipinski definition) is 3. The first-order valence-corrected chi connectivity index (χ1v) is 4.79. The molecule has 0 unspecified atom stereocenters. The van der Waals surface area contributed by atoms with Gasteiger partial charge in [0, 0.05) is 0 Å². The second-order valence-corrected chi connectivity index (χ2v) is 3.52. The second-order valence-electron chi connectivity index (χ2n) is 3.52. The van der Waals surface area contributed by atoms with E-state index in [0.717, 1.165) is 22.4 Å². The summed E-state index contributed by atoms with van der Waals surface area (Å²) in [6, 6.07) is 7.68. The third-order valence-corrected chi connectivity index (χ3v) is 2.44. The van der Waals surface area contributed by atoms with Crippen molar-refractivity contribution in [2.45, 2.75) is 6.42 Å². The quantitative estimate of drug-likeness (QED) is 0.644. The van der Waals surface area contributed by atoms with Crippen LogP contribution in [0, 0.1) is 0 Å². The molecule has 1 aliphatic carbocycles. The highest BCUT2D eigenvalue weighted by Gasteiger charge is 2.13. The largest absolute Gasteiger partial charge is 0.294 e. The molecule has 2 aromatic rings.